The van der Waals surface area contributed by atoms with E-state index in [0.717, 1.165) is 30.0 Å². The summed E-state index contributed by atoms with van der Waals surface area (Å²) in [5.74, 6) is 0.648. The number of nitrogens with zero attached hydrogens (tertiary/aromatic N) is 2. The molecular weight excluding hydrogens is 266 g/mol. The van der Waals surface area contributed by atoms with E-state index in [1.807, 2.05) is 55.1 Å². The summed E-state index contributed by atoms with van der Waals surface area (Å²) in [6, 6.07) is 9.63. The van der Waals surface area contributed by atoms with Crippen LogP contribution in [0.25, 0.3) is 0 Å². The molecule has 0 aliphatic carbocycles. The van der Waals surface area contributed by atoms with Gasteiger partial charge in [0.05, 0.1) is 5.69 Å². The summed E-state index contributed by atoms with van der Waals surface area (Å²) in [4.78, 5) is 11.7. The minimum Gasteiger partial charge on any atom is -0.484 e. The summed E-state index contributed by atoms with van der Waals surface area (Å²) in [6.45, 7) is 5.38. The minimum atomic E-state index is -0.102. The van der Waals surface area contributed by atoms with E-state index < -0.39 is 0 Å². The normalized spacial score (nSPS) is 10.4. The molecule has 0 spiro atoms. The lowest BCUT2D eigenvalue weighted by molar-refractivity contribution is -0.123. The van der Waals surface area contributed by atoms with Crippen molar-refractivity contribution in [2.45, 2.75) is 26.8 Å². The van der Waals surface area contributed by atoms with E-state index in [2.05, 4.69) is 10.4 Å². The van der Waals surface area contributed by atoms with E-state index in [-0.39, 0.29) is 12.5 Å². The Balaban J connectivity index is 1.63. The van der Waals surface area contributed by atoms with Gasteiger partial charge in [-0.1, -0.05) is 18.2 Å². The summed E-state index contributed by atoms with van der Waals surface area (Å²) >= 11 is 0. The molecule has 0 radical (unpaired) electrons. The Labute approximate surface area is 124 Å². The first-order valence-electron chi connectivity index (χ1n) is 7.10. The van der Waals surface area contributed by atoms with Crippen molar-refractivity contribution in [1.29, 1.82) is 0 Å². The van der Waals surface area contributed by atoms with Crippen molar-refractivity contribution in [1.82, 2.24) is 15.1 Å². The van der Waals surface area contributed by atoms with Crippen molar-refractivity contribution in [2.24, 2.45) is 0 Å². The number of hydrogen-bond acceptors (Lipinski definition) is 3. The molecule has 2 aromatic rings. The minimum absolute atomic E-state index is 0.0474. The van der Waals surface area contributed by atoms with Crippen LogP contribution in [0.15, 0.2) is 36.5 Å². The summed E-state index contributed by atoms with van der Waals surface area (Å²) in [6.07, 6.45) is 2.79. The maximum atomic E-state index is 11.7. The van der Waals surface area contributed by atoms with Gasteiger partial charge in [-0.15, -0.1) is 0 Å². The summed E-state index contributed by atoms with van der Waals surface area (Å²) in [5, 5.41) is 7.14. The van der Waals surface area contributed by atoms with Gasteiger partial charge in [-0.25, -0.2) is 0 Å². The van der Waals surface area contributed by atoms with Crippen molar-refractivity contribution in [3.63, 3.8) is 0 Å². The molecular formula is C16H21N3O2. The predicted octanol–water partition coefficient (Wildman–Crippen LogP) is 2.09. The van der Waals surface area contributed by atoms with E-state index >= 15 is 0 Å². The molecule has 2 rings (SSSR count). The lowest BCUT2D eigenvalue weighted by atomic mass is 10.2. The maximum absolute atomic E-state index is 11.7. The van der Waals surface area contributed by atoms with Gasteiger partial charge in [0.1, 0.15) is 5.75 Å². The second kappa shape index (κ2) is 7.47. The number of benzene rings is 1. The van der Waals surface area contributed by atoms with Crippen molar-refractivity contribution < 1.29 is 9.53 Å². The van der Waals surface area contributed by atoms with Crippen LogP contribution in [0.5, 0.6) is 5.75 Å². The molecule has 0 aliphatic heterocycles. The maximum Gasteiger partial charge on any atom is 0.257 e. The molecule has 21 heavy (non-hydrogen) atoms. The van der Waals surface area contributed by atoms with Crippen LogP contribution < -0.4 is 10.1 Å². The van der Waals surface area contributed by atoms with Gasteiger partial charge in [0, 0.05) is 19.3 Å². The van der Waals surface area contributed by atoms with Crippen LogP contribution in [-0.2, 0) is 11.3 Å². The Kier molecular flexibility index (Phi) is 5.37. The van der Waals surface area contributed by atoms with E-state index in [9.17, 15) is 4.79 Å². The third-order valence-electron chi connectivity index (χ3n) is 3.11. The number of carbonyl (C=O) groups is 1. The molecule has 0 unspecified atom stereocenters. The summed E-state index contributed by atoms with van der Waals surface area (Å²) < 4.78 is 7.37. The fourth-order valence-electron chi connectivity index (χ4n) is 1.97. The number of para-hydroxylation sites is 1. The third-order valence-corrected chi connectivity index (χ3v) is 3.11. The van der Waals surface area contributed by atoms with Crippen molar-refractivity contribution in [3.05, 3.63) is 47.8 Å². The van der Waals surface area contributed by atoms with E-state index in [4.69, 9.17) is 4.74 Å². The number of carbonyl (C=O) groups excluding carboxylic acids is 1. The number of rotatable bonds is 7. The van der Waals surface area contributed by atoms with Crippen LogP contribution in [0.1, 0.15) is 17.7 Å². The number of amides is 1. The molecule has 5 nitrogen and oxygen atoms in total. The van der Waals surface area contributed by atoms with Crippen molar-refractivity contribution in [3.8, 4) is 5.75 Å². The van der Waals surface area contributed by atoms with Crippen LogP contribution in [0, 0.1) is 13.8 Å². The van der Waals surface area contributed by atoms with Crippen LogP contribution in [0.3, 0.4) is 0 Å². The Morgan fingerprint density at radius 1 is 1.29 bits per heavy atom. The molecule has 1 aromatic heterocycles. The highest BCUT2D eigenvalue weighted by Gasteiger charge is 2.04. The second-order valence-electron chi connectivity index (χ2n) is 4.98. The molecule has 1 heterocycles. The van der Waals surface area contributed by atoms with Crippen LogP contribution in [-0.4, -0.2) is 28.8 Å². The molecule has 0 atom stereocenters. The average molecular weight is 287 g/mol. The monoisotopic (exact) mass is 287 g/mol. The highest BCUT2D eigenvalue weighted by molar-refractivity contribution is 5.77. The highest BCUT2D eigenvalue weighted by Crippen LogP contribution is 2.15. The number of nitrogens with one attached hydrogen (secondary N) is 1. The fraction of sp³-hybridized carbons (Fsp3) is 0.375. The topological polar surface area (TPSA) is 56.2 Å². The Hall–Kier alpha value is -2.30. The quantitative estimate of drug-likeness (QED) is 0.793. The van der Waals surface area contributed by atoms with Gasteiger partial charge >= 0.3 is 0 Å². The van der Waals surface area contributed by atoms with Gasteiger partial charge in [0.15, 0.2) is 6.61 Å². The van der Waals surface area contributed by atoms with E-state index in [0.29, 0.717) is 6.54 Å². The zero-order valence-corrected chi connectivity index (χ0v) is 12.5. The molecule has 1 amide bonds. The van der Waals surface area contributed by atoms with Crippen molar-refractivity contribution >= 4 is 5.91 Å². The summed E-state index contributed by atoms with van der Waals surface area (Å²) in [7, 11) is 0. The van der Waals surface area contributed by atoms with Crippen LogP contribution in [0.4, 0.5) is 0 Å². The lowest BCUT2D eigenvalue weighted by Crippen LogP contribution is -2.30. The average Bonchev–Trinajstić information content (AvgIpc) is 2.88. The van der Waals surface area contributed by atoms with Gasteiger partial charge in [-0.3, -0.25) is 9.48 Å². The fourth-order valence-corrected chi connectivity index (χ4v) is 1.97. The lowest BCUT2D eigenvalue weighted by Gasteiger charge is -2.09. The molecule has 1 aromatic carbocycles. The molecule has 0 bridgehead atoms. The SMILES string of the molecule is Cc1ccn(CCCNC(=O)COc2ccccc2C)n1. The smallest absolute Gasteiger partial charge is 0.257 e. The third kappa shape index (κ3) is 4.95. The standard InChI is InChI=1S/C16H21N3O2/c1-13-6-3-4-7-15(13)21-12-16(20)17-9-5-10-19-11-8-14(2)18-19/h3-4,6-8,11H,5,9-10,12H2,1-2H3,(H,17,20). The van der Waals surface area contributed by atoms with Crippen molar-refractivity contribution in [2.75, 3.05) is 13.2 Å². The first-order chi connectivity index (χ1) is 10.1. The number of aromatic nitrogens is 2. The van der Waals surface area contributed by atoms with Gasteiger partial charge in [0.25, 0.3) is 5.91 Å². The predicted molar refractivity (Wildman–Crippen MR) is 81.3 cm³/mol. The van der Waals surface area contributed by atoms with Gasteiger partial charge in [0.2, 0.25) is 0 Å². The molecule has 0 fully saturated rings. The van der Waals surface area contributed by atoms with E-state index in [1.165, 1.54) is 0 Å². The highest BCUT2D eigenvalue weighted by atomic mass is 16.5. The Morgan fingerprint density at radius 2 is 2.10 bits per heavy atom. The molecule has 0 saturated heterocycles. The largest absolute Gasteiger partial charge is 0.484 e. The molecule has 5 heteroatoms. The van der Waals surface area contributed by atoms with E-state index in [1.54, 1.807) is 0 Å². The summed E-state index contributed by atoms with van der Waals surface area (Å²) in [5.41, 5.74) is 2.03. The zero-order valence-electron chi connectivity index (χ0n) is 12.5. The number of aryl methyl sites for hydroxylation is 3. The Morgan fingerprint density at radius 3 is 2.81 bits per heavy atom. The van der Waals surface area contributed by atoms with Gasteiger partial charge < -0.3 is 10.1 Å². The zero-order chi connectivity index (χ0) is 15.1. The second-order valence-corrected chi connectivity index (χ2v) is 4.98. The molecule has 112 valence electrons. The first kappa shape index (κ1) is 15.1. The molecule has 1 N–H and O–H groups in total. The van der Waals surface area contributed by atoms with Gasteiger partial charge in [-0.05, 0) is 38.0 Å². The number of hydrogen-bond donors (Lipinski definition) is 1. The van der Waals surface area contributed by atoms with Crippen LogP contribution in [0.2, 0.25) is 0 Å². The first-order valence-corrected chi connectivity index (χ1v) is 7.10. The van der Waals surface area contributed by atoms with Gasteiger partial charge in [-0.2, -0.15) is 5.10 Å². The molecule has 0 saturated carbocycles. The van der Waals surface area contributed by atoms with Crippen LogP contribution >= 0.6 is 0 Å². The molecule has 0 aliphatic rings. The number of ether oxygens (including phenoxy) is 1. The Bertz CT molecular complexity index is 593.